The second-order valence-corrected chi connectivity index (χ2v) is 6.80. The SMILES string of the molecule is COc1ccc(CN/N=C\c2cc(C)n(-c3ccccc3Cl)c2C)cc1OC. The van der Waals surface area contributed by atoms with Gasteiger partial charge in [0.05, 0.1) is 37.7 Å². The van der Waals surface area contributed by atoms with E-state index in [9.17, 15) is 0 Å². The first-order valence-electron chi connectivity index (χ1n) is 8.95. The summed E-state index contributed by atoms with van der Waals surface area (Å²) in [5, 5.41) is 5.09. The average molecular weight is 398 g/mol. The molecule has 0 radical (unpaired) electrons. The van der Waals surface area contributed by atoms with Crippen LogP contribution in [0.3, 0.4) is 0 Å². The Morgan fingerprint density at radius 1 is 1.04 bits per heavy atom. The summed E-state index contributed by atoms with van der Waals surface area (Å²) in [5.41, 5.74) is 8.33. The zero-order valence-corrected chi connectivity index (χ0v) is 17.2. The van der Waals surface area contributed by atoms with Crippen LogP contribution in [-0.4, -0.2) is 25.0 Å². The van der Waals surface area contributed by atoms with Crippen LogP contribution in [0.2, 0.25) is 5.02 Å². The number of methoxy groups -OCH3 is 2. The van der Waals surface area contributed by atoms with Crippen molar-refractivity contribution in [2.75, 3.05) is 14.2 Å². The normalized spacial score (nSPS) is 11.0. The number of nitrogens with one attached hydrogen (secondary N) is 1. The molecule has 5 nitrogen and oxygen atoms in total. The summed E-state index contributed by atoms with van der Waals surface area (Å²) in [6.07, 6.45) is 1.83. The van der Waals surface area contributed by atoms with Crippen LogP contribution < -0.4 is 14.9 Å². The quantitative estimate of drug-likeness (QED) is 0.456. The van der Waals surface area contributed by atoms with Crippen molar-refractivity contribution in [2.24, 2.45) is 5.10 Å². The number of nitrogens with zero attached hydrogens (tertiary/aromatic N) is 2. The standard InChI is InChI=1S/C22H24ClN3O2/c1-15-11-18(16(2)26(15)20-8-6-5-7-19(20)23)14-25-24-13-17-9-10-21(27-3)22(12-17)28-4/h5-12,14,24H,13H2,1-4H3/b25-14-. The number of rotatable bonds is 7. The molecule has 0 saturated carbocycles. The number of hydrogen-bond acceptors (Lipinski definition) is 4. The Kier molecular flexibility index (Phi) is 6.26. The molecular formula is C22H24ClN3O2. The van der Waals surface area contributed by atoms with Gasteiger partial charge in [-0.3, -0.25) is 0 Å². The molecule has 0 bridgehead atoms. The second kappa shape index (κ2) is 8.85. The minimum atomic E-state index is 0.583. The van der Waals surface area contributed by atoms with Crippen molar-refractivity contribution in [3.8, 4) is 17.2 Å². The van der Waals surface area contributed by atoms with Crippen molar-refractivity contribution in [3.63, 3.8) is 0 Å². The fraction of sp³-hybridized carbons (Fsp3) is 0.227. The van der Waals surface area contributed by atoms with Crippen LogP contribution in [0.5, 0.6) is 11.5 Å². The maximum atomic E-state index is 6.37. The molecule has 1 heterocycles. The van der Waals surface area contributed by atoms with Crippen LogP contribution in [0, 0.1) is 13.8 Å². The molecule has 0 spiro atoms. The lowest BCUT2D eigenvalue weighted by atomic mass is 10.2. The predicted octanol–water partition coefficient (Wildman–Crippen LogP) is 4.89. The molecule has 28 heavy (non-hydrogen) atoms. The fourth-order valence-corrected chi connectivity index (χ4v) is 3.39. The van der Waals surface area contributed by atoms with Gasteiger partial charge in [0, 0.05) is 17.0 Å². The van der Waals surface area contributed by atoms with E-state index in [2.05, 4.69) is 35.0 Å². The monoisotopic (exact) mass is 397 g/mol. The van der Waals surface area contributed by atoms with E-state index < -0.39 is 0 Å². The van der Waals surface area contributed by atoms with Gasteiger partial charge >= 0.3 is 0 Å². The Hall–Kier alpha value is -2.92. The summed E-state index contributed by atoms with van der Waals surface area (Å²) >= 11 is 6.37. The lowest BCUT2D eigenvalue weighted by Gasteiger charge is -2.11. The number of ether oxygens (including phenoxy) is 2. The summed E-state index contributed by atoms with van der Waals surface area (Å²) in [4.78, 5) is 0. The molecule has 6 heteroatoms. The average Bonchev–Trinajstić information content (AvgIpc) is 2.98. The molecule has 0 fully saturated rings. The first-order chi connectivity index (χ1) is 13.5. The molecule has 1 aromatic heterocycles. The van der Waals surface area contributed by atoms with Crippen molar-refractivity contribution in [2.45, 2.75) is 20.4 Å². The summed E-state index contributed by atoms with van der Waals surface area (Å²) < 4.78 is 12.7. The molecule has 0 aliphatic heterocycles. The molecule has 2 aromatic carbocycles. The third-order valence-electron chi connectivity index (χ3n) is 4.59. The molecule has 146 valence electrons. The zero-order valence-electron chi connectivity index (χ0n) is 16.5. The van der Waals surface area contributed by atoms with E-state index in [0.29, 0.717) is 18.0 Å². The van der Waals surface area contributed by atoms with Gasteiger partial charge in [-0.2, -0.15) is 5.10 Å². The van der Waals surface area contributed by atoms with Crippen LogP contribution in [-0.2, 0) is 6.54 Å². The van der Waals surface area contributed by atoms with Crippen LogP contribution in [0.1, 0.15) is 22.5 Å². The van der Waals surface area contributed by atoms with Crippen molar-refractivity contribution in [1.82, 2.24) is 9.99 Å². The van der Waals surface area contributed by atoms with Crippen LogP contribution in [0.25, 0.3) is 5.69 Å². The van der Waals surface area contributed by atoms with Gasteiger partial charge in [0.1, 0.15) is 0 Å². The first kappa shape index (κ1) is 19.8. The Labute approximate surface area is 170 Å². The number of aryl methyl sites for hydroxylation is 1. The third kappa shape index (κ3) is 4.15. The highest BCUT2D eigenvalue weighted by atomic mass is 35.5. The Morgan fingerprint density at radius 3 is 2.50 bits per heavy atom. The molecule has 0 saturated heterocycles. The van der Waals surface area contributed by atoms with E-state index in [4.69, 9.17) is 21.1 Å². The molecule has 0 aliphatic rings. The van der Waals surface area contributed by atoms with E-state index in [0.717, 1.165) is 33.2 Å². The maximum absolute atomic E-state index is 6.37. The predicted molar refractivity (Wildman–Crippen MR) is 114 cm³/mol. The minimum absolute atomic E-state index is 0.583. The number of para-hydroxylation sites is 1. The smallest absolute Gasteiger partial charge is 0.161 e. The number of hydrogen-bond donors (Lipinski definition) is 1. The molecule has 0 amide bonds. The Morgan fingerprint density at radius 2 is 1.79 bits per heavy atom. The van der Waals surface area contributed by atoms with E-state index >= 15 is 0 Å². The number of halogens is 1. The molecular weight excluding hydrogens is 374 g/mol. The van der Waals surface area contributed by atoms with Gasteiger partial charge in [0.15, 0.2) is 11.5 Å². The van der Waals surface area contributed by atoms with Crippen molar-refractivity contribution < 1.29 is 9.47 Å². The van der Waals surface area contributed by atoms with Crippen LogP contribution in [0.15, 0.2) is 53.6 Å². The molecule has 3 aromatic rings. The maximum Gasteiger partial charge on any atom is 0.161 e. The van der Waals surface area contributed by atoms with Gasteiger partial charge in [0.25, 0.3) is 0 Å². The fourth-order valence-electron chi connectivity index (χ4n) is 3.16. The number of aromatic nitrogens is 1. The topological polar surface area (TPSA) is 47.8 Å². The minimum Gasteiger partial charge on any atom is -0.493 e. The lowest BCUT2D eigenvalue weighted by molar-refractivity contribution is 0.354. The Balaban J connectivity index is 1.72. The van der Waals surface area contributed by atoms with Crippen molar-refractivity contribution in [3.05, 3.63) is 76.1 Å². The van der Waals surface area contributed by atoms with E-state index in [1.54, 1.807) is 14.2 Å². The Bertz CT molecular complexity index is 995. The summed E-state index contributed by atoms with van der Waals surface area (Å²) in [5.74, 6) is 1.41. The van der Waals surface area contributed by atoms with E-state index in [1.165, 1.54) is 0 Å². The lowest BCUT2D eigenvalue weighted by Crippen LogP contribution is -2.06. The van der Waals surface area contributed by atoms with Gasteiger partial charge in [-0.05, 0) is 49.7 Å². The van der Waals surface area contributed by atoms with E-state index in [-0.39, 0.29) is 0 Å². The van der Waals surface area contributed by atoms with Gasteiger partial charge < -0.3 is 19.5 Å². The number of benzene rings is 2. The van der Waals surface area contributed by atoms with Crippen LogP contribution in [0.4, 0.5) is 0 Å². The highest BCUT2D eigenvalue weighted by molar-refractivity contribution is 6.32. The molecule has 0 unspecified atom stereocenters. The van der Waals surface area contributed by atoms with Gasteiger partial charge in [-0.25, -0.2) is 0 Å². The molecule has 1 N–H and O–H groups in total. The molecule has 3 rings (SSSR count). The van der Waals surface area contributed by atoms with Gasteiger partial charge in [-0.15, -0.1) is 0 Å². The zero-order chi connectivity index (χ0) is 20.1. The van der Waals surface area contributed by atoms with Crippen LogP contribution >= 0.6 is 11.6 Å². The van der Waals surface area contributed by atoms with E-state index in [1.807, 2.05) is 48.7 Å². The third-order valence-corrected chi connectivity index (χ3v) is 4.91. The molecule has 0 atom stereocenters. The second-order valence-electron chi connectivity index (χ2n) is 6.40. The summed E-state index contributed by atoms with van der Waals surface area (Å²) in [6, 6.07) is 15.7. The van der Waals surface area contributed by atoms with Gasteiger partial charge in [-0.1, -0.05) is 29.8 Å². The van der Waals surface area contributed by atoms with Crippen molar-refractivity contribution in [1.29, 1.82) is 0 Å². The largest absolute Gasteiger partial charge is 0.493 e. The first-order valence-corrected chi connectivity index (χ1v) is 9.33. The van der Waals surface area contributed by atoms with Crippen molar-refractivity contribution >= 4 is 17.8 Å². The van der Waals surface area contributed by atoms with Gasteiger partial charge in [0.2, 0.25) is 0 Å². The number of hydrazone groups is 1. The summed E-state index contributed by atoms with van der Waals surface area (Å²) in [7, 11) is 3.25. The summed E-state index contributed by atoms with van der Waals surface area (Å²) in [6.45, 7) is 4.71. The highest BCUT2D eigenvalue weighted by Crippen LogP contribution is 2.28. The highest BCUT2D eigenvalue weighted by Gasteiger charge is 2.11. The molecule has 0 aliphatic carbocycles.